The van der Waals surface area contributed by atoms with Crippen LogP contribution in [0.5, 0.6) is 5.75 Å². The average molecular weight is 396 g/mol. The Balaban J connectivity index is 2.11. The highest BCUT2D eigenvalue weighted by Gasteiger charge is 2.30. The fourth-order valence-corrected chi connectivity index (χ4v) is 2.94. The van der Waals surface area contributed by atoms with Crippen molar-refractivity contribution in [2.75, 3.05) is 12.4 Å². The maximum absolute atomic E-state index is 12.9. The Bertz CT molecular complexity index is 761. The molecule has 0 radical (unpaired) electrons. The van der Waals surface area contributed by atoms with Gasteiger partial charge >= 0.3 is 6.18 Å². The highest BCUT2D eigenvalue weighted by Crippen LogP contribution is 2.30. The number of nitrogens with one attached hydrogen (secondary N) is 2. The first-order chi connectivity index (χ1) is 12.7. The van der Waals surface area contributed by atoms with Crippen molar-refractivity contribution in [1.29, 1.82) is 0 Å². The lowest BCUT2D eigenvalue weighted by Gasteiger charge is -2.23. The summed E-state index contributed by atoms with van der Waals surface area (Å²) in [6.07, 6.45) is -3.58. The highest BCUT2D eigenvalue weighted by atomic mass is 32.1. The molecule has 3 nitrogen and oxygen atoms in total. The molecular formula is C20H23F3N2OS. The molecule has 1 atom stereocenters. The van der Waals surface area contributed by atoms with E-state index in [1.807, 2.05) is 24.3 Å². The lowest BCUT2D eigenvalue weighted by Crippen LogP contribution is -2.33. The van der Waals surface area contributed by atoms with Crippen molar-refractivity contribution in [3.05, 3.63) is 59.7 Å². The van der Waals surface area contributed by atoms with Crippen LogP contribution in [0.2, 0.25) is 0 Å². The minimum Gasteiger partial charge on any atom is -0.497 e. The summed E-state index contributed by atoms with van der Waals surface area (Å²) in [5.74, 6) is 1.16. The molecule has 2 N–H and O–H groups in total. The van der Waals surface area contributed by atoms with Crippen molar-refractivity contribution in [2.24, 2.45) is 5.92 Å². The quantitative estimate of drug-likeness (QED) is 0.606. The molecule has 0 fully saturated rings. The largest absolute Gasteiger partial charge is 0.497 e. The van der Waals surface area contributed by atoms with Crippen molar-refractivity contribution >= 4 is 23.0 Å². The number of anilines is 1. The Morgan fingerprint density at radius 1 is 1.11 bits per heavy atom. The van der Waals surface area contributed by atoms with E-state index in [1.54, 1.807) is 13.2 Å². The molecule has 0 aliphatic heterocycles. The van der Waals surface area contributed by atoms with Crippen LogP contribution in [0, 0.1) is 5.92 Å². The zero-order valence-corrected chi connectivity index (χ0v) is 16.2. The standard InChI is InChI=1S/C20H23F3N2OS/c1-13(2)11-18(14-7-9-17(26-3)10-8-14)25-19(27)24-16-6-4-5-15(12-16)20(21,22)23/h4-10,12-13,18H,11H2,1-3H3,(H2,24,25,27). The van der Waals surface area contributed by atoms with Crippen LogP contribution in [0.4, 0.5) is 18.9 Å². The van der Waals surface area contributed by atoms with Crippen LogP contribution in [-0.4, -0.2) is 12.2 Å². The topological polar surface area (TPSA) is 33.3 Å². The summed E-state index contributed by atoms with van der Waals surface area (Å²) < 4.78 is 43.7. The molecule has 0 aromatic heterocycles. The fourth-order valence-electron chi connectivity index (χ4n) is 2.68. The van der Waals surface area contributed by atoms with E-state index < -0.39 is 11.7 Å². The number of hydrogen-bond donors (Lipinski definition) is 2. The minimum absolute atomic E-state index is 0.0679. The van der Waals surface area contributed by atoms with Crippen molar-refractivity contribution < 1.29 is 17.9 Å². The van der Waals surface area contributed by atoms with Gasteiger partial charge in [0.1, 0.15) is 5.75 Å². The predicted molar refractivity (Wildman–Crippen MR) is 106 cm³/mol. The molecular weight excluding hydrogens is 373 g/mol. The molecule has 2 aromatic rings. The SMILES string of the molecule is COc1ccc(C(CC(C)C)NC(=S)Nc2cccc(C(F)(F)F)c2)cc1. The number of benzene rings is 2. The van der Waals surface area contributed by atoms with Crippen LogP contribution in [0.25, 0.3) is 0 Å². The molecule has 0 aliphatic rings. The predicted octanol–water partition coefficient (Wildman–Crippen LogP) is 5.79. The maximum atomic E-state index is 12.9. The van der Waals surface area contributed by atoms with Gasteiger partial charge in [0.25, 0.3) is 0 Å². The summed E-state index contributed by atoms with van der Waals surface area (Å²) in [7, 11) is 1.60. The molecule has 2 aromatic carbocycles. The minimum atomic E-state index is -4.39. The summed E-state index contributed by atoms with van der Waals surface area (Å²) in [6.45, 7) is 4.20. The van der Waals surface area contributed by atoms with Gasteiger partial charge in [-0.3, -0.25) is 0 Å². The van der Waals surface area contributed by atoms with Gasteiger partial charge in [-0.25, -0.2) is 0 Å². The van der Waals surface area contributed by atoms with Crippen LogP contribution in [0.3, 0.4) is 0 Å². The van der Waals surface area contributed by atoms with Crippen LogP contribution >= 0.6 is 12.2 Å². The number of thiocarbonyl (C=S) groups is 1. The smallest absolute Gasteiger partial charge is 0.416 e. The second-order valence-electron chi connectivity index (χ2n) is 6.63. The lowest BCUT2D eigenvalue weighted by molar-refractivity contribution is -0.137. The summed E-state index contributed by atoms with van der Waals surface area (Å²) in [4.78, 5) is 0. The second-order valence-corrected chi connectivity index (χ2v) is 7.04. The van der Waals surface area contributed by atoms with Gasteiger partial charge in [0.15, 0.2) is 5.11 Å². The first-order valence-electron chi connectivity index (χ1n) is 8.57. The maximum Gasteiger partial charge on any atom is 0.416 e. The Morgan fingerprint density at radius 2 is 1.78 bits per heavy atom. The molecule has 2 rings (SSSR count). The van der Waals surface area contributed by atoms with Crippen LogP contribution < -0.4 is 15.4 Å². The molecule has 0 aliphatic carbocycles. The molecule has 0 amide bonds. The average Bonchev–Trinajstić information content (AvgIpc) is 2.60. The number of methoxy groups -OCH3 is 1. The van der Waals surface area contributed by atoms with E-state index in [4.69, 9.17) is 17.0 Å². The zero-order chi connectivity index (χ0) is 20.0. The third-order valence-electron chi connectivity index (χ3n) is 3.98. The van der Waals surface area contributed by atoms with Gasteiger partial charge in [-0.05, 0) is 60.5 Å². The third kappa shape index (κ3) is 6.43. The van der Waals surface area contributed by atoms with Crippen LogP contribution in [-0.2, 0) is 6.18 Å². The van der Waals surface area contributed by atoms with Crippen LogP contribution in [0.1, 0.15) is 37.4 Å². The molecule has 0 spiro atoms. The molecule has 0 heterocycles. The number of alkyl halides is 3. The number of hydrogen-bond acceptors (Lipinski definition) is 2. The summed E-state index contributed by atoms with van der Waals surface area (Å²) in [5, 5.41) is 6.33. The monoisotopic (exact) mass is 396 g/mol. The first-order valence-corrected chi connectivity index (χ1v) is 8.98. The Kier molecular flexibility index (Phi) is 7.07. The molecule has 27 heavy (non-hydrogen) atoms. The summed E-state index contributed by atoms with van der Waals surface area (Å²) in [5.41, 5.74) is 0.599. The zero-order valence-electron chi connectivity index (χ0n) is 15.4. The van der Waals surface area contributed by atoms with E-state index in [9.17, 15) is 13.2 Å². The van der Waals surface area contributed by atoms with Gasteiger partial charge in [-0.15, -0.1) is 0 Å². The van der Waals surface area contributed by atoms with Gasteiger partial charge in [0.05, 0.1) is 18.7 Å². The van der Waals surface area contributed by atoms with Gasteiger partial charge in [-0.2, -0.15) is 13.2 Å². The number of halogens is 3. The Morgan fingerprint density at radius 3 is 2.33 bits per heavy atom. The molecule has 0 bridgehead atoms. The third-order valence-corrected chi connectivity index (χ3v) is 4.20. The number of rotatable bonds is 6. The van der Waals surface area contributed by atoms with Crippen LogP contribution in [0.15, 0.2) is 48.5 Å². The van der Waals surface area contributed by atoms with Crippen molar-refractivity contribution in [3.8, 4) is 5.75 Å². The van der Waals surface area contributed by atoms with Crippen molar-refractivity contribution in [3.63, 3.8) is 0 Å². The van der Waals surface area contributed by atoms with Gasteiger partial charge in [-0.1, -0.05) is 32.0 Å². The highest BCUT2D eigenvalue weighted by molar-refractivity contribution is 7.80. The molecule has 7 heteroatoms. The van der Waals surface area contributed by atoms with Gasteiger partial charge in [0, 0.05) is 5.69 Å². The van der Waals surface area contributed by atoms with E-state index in [-0.39, 0.29) is 11.2 Å². The Hall–Kier alpha value is -2.28. The first kappa shape index (κ1) is 21.0. The molecule has 0 saturated heterocycles. The molecule has 146 valence electrons. The molecule has 1 unspecified atom stereocenters. The summed E-state index contributed by atoms with van der Waals surface area (Å²) in [6, 6.07) is 12.5. The van der Waals surface area contributed by atoms with E-state index in [0.29, 0.717) is 11.6 Å². The normalized spacial score (nSPS) is 12.6. The van der Waals surface area contributed by atoms with E-state index >= 15 is 0 Å². The second kappa shape index (κ2) is 9.08. The van der Waals surface area contributed by atoms with E-state index in [2.05, 4.69) is 24.5 Å². The van der Waals surface area contributed by atoms with E-state index in [1.165, 1.54) is 6.07 Å². The van der Waals surface area contributed by atoms with Crippen molar-refractivity contribution in [2.45, 2.75) is 32.5 Å². The van der Waals surface area contributed by atoms with E-state index in [0.717, 1.165) is 29.9 Å². The Labute approximate surface area is 162 Å². The van der Waals surface area contributed by atoms with Crippen molar-refractivity contribution in [1.82, 2.24) is 5.32 Å². The van der Waals surface area contributed by atoms with Gasteiger partial charge < -0.3 is 15.4 Å². The molecule has 0 saturated carbocycles. The lowest BCUT2D eigenvalue weighted by atomic mass is 9.97. The summed E-state index contributed by atoms with van der Waals surface area (Å²) >= 11 is 5.32. The number of ether oxygens (including phenoxy) is 1. The van der Waals surface area contributed by atoms with Gasteiger partial charge in [0.2, 0.25) is 0 Å². The fraction of sp³-hybridized carbons (Fsp3) is 0.350.